The zero-order valence-electron chi connectivity index (χ0n) is 14.5. The van der Waals surface area contributed by atoms with Crippen LogP contribution >= 0.6 is 11.3 Å². The molecule has 0 aliphatic rings. The lowest BCUT2D eigenvalue weighted by atomic mass is 10.2. The maximum atomic E-state index is 5.69. The van der Waals surface area contributed by atoms with Crippen LogP contribution in [0.5, 0.6) is 5.75 Å². The van der Waals surface area contributed by atoms with E-state index in [0.717, 1.165) is 17.1 Å². The predicted molar refractivity (Wildman–Crippen MR) is 107 cm³/mol. The Morgan fingerprint density at radius 2 is 1.74 bits per heavy atom. The first-order valence-corrected chi connectivity index (χ1v) is 8.98. The number of nitrogens with zero attached hydrogens (tertiary/aromatic N) is 5. The van der Waals surface area contributed by atoms with E-state index in [4.69, 9.17) is 10.5 Å². The van der Waals surface area contributed by atoms with Crippen molar-refractivity contribution in [1.82, 2.24) is 20.2 Å². The van der Waals surface area contributed by atoms with Crippen molar-refractivity contribution in [3.05, 3.63) is 66.9 Å². The normalized spacial score (nSPS) is 10.6. The van der Waals surface area contributed by atoms with Gasteiger partial charge in [0.15, 0.2) is 5.01 Å². The van der Waals surface area contributed by atoms with Gasteiger partial charge in [-0.2, -0.15) is 0 Å². The molecule has 0 amide bonds. The number of para-hydroxylation sites is 3. The zero-order valence-corrected chi connectivity index (χ0v) is 15.3. The number of methoxy groups -OCH3 is 1. The lowest BCUT2D eigenvalue weighted by molar-refractivity contribution is 0.416. The third-order valence-corrected chi connectivity index (χ3v) is 4.77. The van der Waals surface area contributed by atoms with Gasteiger partial charge in [0, 0.05) is 11.9 Å². The molecule has 134 valence electrons. The second-order valence-corrected chi connectivity index (χ2v) is 6.49. The average Bonchev–Trinajstić information content (AvgIpc) is 3.19. The van der Waals surface area contributed by atoms with Gasteiger partial charge in [0.25, 0.3) is 0 Å². The summed E-state index contributed by atoms with van der Waals surface area (Å²) in [5.74, 6) is 0.943. The van der Waals surface area contributed by atoms with Crippen LogP contribution in [0.2, 0.25) is 0 Å². The molecule has 0 unspecified atom stereocenters. The summed E-state index contributed by atoms with van der Waals surface area (Å²) in [5, 5.41) is 10.0. The number of hydrogen-bond acceptors (Lipinski definition) is 8. The molecule has 0 atom stereocenters. The van der Waals surface area contributed by atoms with Crippen LogP contribution in [0.25, 0.3) is 10.7 Å². The third-order valence-electron chi connectivity index (χ3n) is 3.84. The summed E-state index contributed by atoms with van der Waals surface area (Å²) in [5.41, 5.74) is 8.15. The van der Waals surface area contributed by atoms with Crippen molar-refractivity contribution in [2.45, 2.75) is 0 Å². The molecule has 7 nitrogen and oxygen atoms in total. The van der Waals surface area contributed by atoms with E-state index >= 15 is 0 Å². The maximum Gasteiger partial charge on any atom is 0.220 e. The molecule has 2 aromatic heterocycles. The molecule has 0 radical (unpaired) electrons. The van der Waals surface area contributed by atoms with E-state index in [0.29, 0.717) is 15.8 Å². The Kier molecular flexibility index (Phi) is 4.63. The van der Waals surface area contributed by atoms with Crippen molar-refractivity contribution in [3.8, 4) is 16.5 Å². The number of aromatic nitrogens is 4. The summed E-state index contributed by atoms with van der Waals surface area (Å²) in [6.45, 7) is 0. The maximum absolute atomic E-state index is 5.69. The van der Waals surface area contributed by atoms with Crippen molar-refractivity contribution in [1.29, 1.82) is 0 Å². The molecule has 0 bridgehead atoms. The summed E-state index contributed by atoms with van der Waals surface area (Å²) in [7, 11) is 1.65. The van der Waals surface area contributed by atoms with Gasteiger partial charge in [-0.25, -0.2) is 9.97 Å². The van der Waals surface area contributed by atoms with Crippen LogP contribution < -0.4 is 15.4 Å². The number of ether oxygens (including phenoxy) is 1. The Bertz CT molecular complexity index is 1050. The fourth-order valence-electron chi connectivity index (χ4n) is 2.65. The van der Waals surface area contributed by atoms with Crippen molar-refractivity contribution in [2.24, 2.45) is 0 Å². The minimum Gasteiger partial charge on any atom is -0.495 e. The summed E-state index contributed by atoms with van der Waals surface area (Å²) < 4.78 is 5.55. The van der Waals surface area contributed by atoms with Gasteiger partial charge in [0.05, 0.1) is 12.8 Å². The highest BCUT2D eigenvalue weighted by Crippen LogP contribution is 2.42. The van der Waals surface area contributed by atoms with Crippen molar-refractivity contribution in [3.63, 3.8) is 0 Å². The largest absolute Gasteiger partial charge is 0.495 e. The number of hydrogen-bond donors (Lipinski definition) is 1. The first-order valence-electron chi connectivity index (χ1n) is 8.17. The van der Waals surface area contributed by atoms with Gasteiger partial charge in [-0.1, -0.05) is 41.7 Å². The number of benzene rings is 2. The van der Waals surface area contributed by atoms with Crippen LogP contribution in [0.4, 0.5) is 22.5 Å². The topological polar surface area (TPSA) is 90.0 Å². The molecule has 27 heavy (non-hydrogen) atoms. The molecule has 0 aliphatic heterocycles. The quantitative estimate of drug-likeness (QED) is 0.562. The molecule has 0 saturated heterocycles. The fraction of sp³-hybridized carbons (Fsp3) is 0.0526. The van der Waals surface area contributed by atoms with Gasteiger partial charge in [0.2, 0.25) is 11.1 Å². The van der Waals surface area contributed by atoms with Crippen molar-refractivity contribution in [2.75, 3.05) is 17.7 Å². The second-order valence-electron chi connectivity index (χ2n) is 5.53. The third kappa shape index (κ3) is 3.42. The lowest BCUT2D eigenvalue weighted by Gasteiger charge is -2.23. The van der Waals surface area contributed by atoms with Crippen LogP contribution in [0, 0.1) is 0 Å². The van der Waals surface area contributed by atoms with Gasteiger partial charge < -0.3 is 10.5 Å². The van der Waals surface area contributed by atoms with Crippen LogP contribution in [0.3, 0.4) is 0 Å². The Morgan fingerprint density at radius 1 is 0.963 bits per heavy atom. The molecular weight excluding hydrogens is 360 g/mol. The highest BCUT2D eigenvalue weighted by Gasteiger charge is 2.21. The smallest absolute Gasteiger partial charge is 0.220 e. The second kappa shape index (κ2) is 7.38. The Balaban J connectivity index is 1.83. The number of nitrogens with two attached hydrogens (primary N) is 1. The Morgan fingerprint density at radius 3 is 2.52 bits per heavy atom. The van der Waals surface area contributed by atoms with Gasteiger partial charge in [-0.15, -0.1) is 10.2 Å². The molecule has 0 spiro atoms. The van der Waals surface area contributed by atoms with E-state index in [-0.39, 0.29) is 5.95 Å². The molecule has 0 fully saturated rings. The van der Waals surface area contributed by atoms with Crippen LogP contribution in [0.1, 0.15) is 0 Å². The fourth-order valence-corrected chi connectivity index (χ4v) is 3.50. The SMILES string of the molecule is COc1ccccc1N(c1ccccc1)c1nnc(-c2ccnc(N)n2)s1. The summed E-state index contributed by atoms with van der Waals surface area (Å²) in [6.07, 6.45) is 1.61. The van der Waals surface area contributed by atoms with E-state index in [1.165, 1.54) is 11.3 Å². The van der Waals surface area contributed by atoms with E-state index < -0.39 is 0 Å². The number of nitrogen functional groups attached to an aromatic ring is 1. The summed E-state index contributed by atoms with van der Waals surface area (Å²) in [6, 6.07) is 19.5. The minimum atomic E-state index is 0.203. The molecular formula is C19H16N6OS. The van der Waals surface area contributed by atoms with Crippen molar-refractivity contribution < 1.29 is 4.74 Å². The monoisotopic (exact) mass is 376 g/mol. The minimum absolute atomic E-state index is 0.203. The van der Waals surface area contributed by atoms with Gasteiger partial charge in [-0.05, 0) is 30.3 Å². The van der Waals surface area contributed by atoms with Crippen LogP contribution in [-0.4, -0.2) is 27.3 Å². The van der Waals surface area contributed by atoms with Crippen LogP contribution in [0.15, 0.2) is 66.9 Å². The summed E-state index contributed by atoms with van der Waals surface area (Å²) >= 11 is 1.41. The number of anilines is 4. The molecule has 4 rings (SSSR count). The molecule has 2 aromatic carbocycles. The number of rotatable bonds is 5. The Labute approximate surface area is 160 Å². The van der Waals surface area contributed by atoms with Crippen LogP contribution in [-0.2, 0) is 0 Å². The first-order chi connectivity index (χ1) is 13.3. The molecule has 0 saturated carbocycles. The molecule has 8 heteroatoms. The summed E-state index contributed by atoms with van der Waals surface area (Å²) in [4.78, 5) is 10.2. The molecule has 2 N–H and O–H groups in total. The Hall–Kier alpha value is -3.52. The molecule has 0 aliphatic carbocycles. The first kappa shape index (κ1) is 16.9. The van der Waals surface area contributed by atoms with Crippen molar-refractivity contribution >= 4 is 33.8 Å². The molecule has 2 heterocycles. The predicted octanol–water partition coefficient (Wildman–Crippen LogP) is 4.06. The van der Waals surface area contributed by atoms with E-state index in [2.05, 4.69) is 20.2 Å². The van der Waals surface area contributed by atoms with Gasteiger partial charge in [0.1, 0.15) is 11.4 Å². The lowest BCUT2D eigenvalue weighted by Crippen LogP contribution is -2.10. The highest BCUT2D eigenvalue weighted by molar-refractivity contribution is 7.18. The zero-order chi connectivity index (χ0) is 18.6. The average molecular weight is 376 g/mol. The van der Waals surface area contributed by atoms with Gasteiger partial charge >= 0.3 is 0 Å². The standard InChI is InChI=1S/C19H16N6OS/c1-26-16-10-6-5-9-15(16)25(13-7-3-2-4-8-13)19-24-23-17(27-19)14-11-12-21-18(20)22-14/h2-12H,1H3,(H2,20,21,22). The molecule has 4 aromatic rings. The van der Waals surface area contributed by atoms with E-state index in [9.17, 15) is 0 Å². The highest BCUT2D eigenvalue weighted by atomic mass is 32.1. The van der Waals surface area contributed by atoms with E-state index in [1.807, 2.05) is 59.5 Å². The van der Waals surface area contributed by atoms with Gasteiger partial charge in [-0.3, -0.25) is 4.90 Å². The van der Waals surface area contributed by atoms with E-state index in [1.54, 1.807) is 19.4 Å².